The average Bonchev–Trinajstić information content (AvgIpc) is 2.87. The van der Waals surface area contributed by atoms with Crippen LogP contribution in [0.2, 0.25) is 0 Å². The summed E-state index contributed by atoms with van der Waals surface area (Å²) in [7, 11) is 0. The van der Waals surface area contributed by atoms with Gasteiger partial charge in [0.25, 0.3) is 0 Å². The lowest BCUT2D eigenvalue weighted by atomic mass is 10.1. The first-order valence-corrected chi connectivity index (χ1v) is 6.99. The Hall–Kier alpha value is -1.95. The van der Waals surface area contributed by atoms with E-state index in [0.29, 0.717) is 13.0 Å². The fourth-order valence-electron chi connectivity index (χ4n) is 2.60. The zero-order valence-corrected chi connectivity index (χ0v) is 11.9. The molecule has 0 bridgehead atoms. The summed E-state index contributed by atoms with van der Waals surface area (Å²) in [5, 5.41) is 11.9. The number of aliphatic carboxylic acids is 1. The molecule has 2 unspecified atom stereocenters. The van der Waals surface area contributed by atoms with E-state index in [9.17, 15) is 14.0 Å². The van der Waals surface area contributed by atoms with Crippen LogP contribution in [0.5, 0.6) is 0 Å². The van der Waals surface area contributed by atoms with E-state index in [2.05, 4.69) is 5.32 Å². The third-order valence-corrected chi connectivity index (χ3v) is 3.74. The molecule has 0 aliphatic carbocycles. The summed E-state index contributed by atoms with van der Waals surface area (Å²) in [5.74, 6) is -1.43. The number of halogens is 1. The number of carbonyl (C=O) groups is 2. The van der Waals surface area contributed by atoms with Gasteiger partial charge in [0.2, 0.25) is 5.91 Å². The van der Waals surface area contributed by atoms with Gasteiger partial charge in [-0.3, -0.25) is 14.5 Å². The van der Waals surface area contributed by atoms with Crippen LogP contribution < -0.4 is 5.32 Å². The van der Waals surface area contributed by atoms with Crippen LogP contribution in [0.3, 0.4) is 0 Å². The quantitative estimate of drug-likeness (QED) is 0.864. The highest BCUT2D eigenvalue weighted by Crippen LogP contribution is 2.17. The summed E-state index contributed by atoms with van der Waals surface area (Å²) in [5.41, 5.74) is 0.806. The molecule has 1 heterocycles. The van der Waals surface area contributed by atoms with Crippen LogP contribution in [0.1, 0.15) is 31.4 Å². The zero-order chi connectivity index (χ0) is 15.4. The van der Waals surface area contributed by atoms with Crippen molar-refractivity contribution in [3.05, 3.63) is 35.6 Å². The van der Waals surface area contributed by atoms with Gasteiger partial charge in [-0.1, -0.05) is 12.1 Å². The second-order valence-electron chi connectivity index (χ2n) is 5.31. The summed E-state index contributed by atoms with van der Waals surface area (Å²) in [6, 6.07) is 5.12. The molecule has 1 aromatic rings. The predicted molar refractivity (Wildman–Crippen MR) is 75.2 cm³/mol. The molecule has 1 saturated heterocycles. The highest BCUT2D eigenvalue weighted by molar-refractivity contribution is 5.80. The summed E-state index contributed by atoms with van der Waals surface area (Å²) in [4.78, 5) is 24.7. The lowest BCUT2D eigenvalue weighted by Gasteiger charge is -2.22. The molecule has 114 valence electrons. The van der Waals surface area contributed by atoms with Gasteiger partial charge in [0.05, 0.1) is 12.6 Å². The van der Waals surface area contributed by atoms with Crippen molar-refractivity contribution in [3.63, 3.8) is 0 Å². The minimum absolute atomic E-state index is 0.0719. The first-order valence-electron chi connectivity index (χ1n) is 6.99. The second-order valence-corrected chi connectivity index (χ2v) is 5.31. The van der Waals surface area contributed by atoms with Gasteiger partial charge in [-0.2, -0.15) is 0 Å². The van der Waals surface area contributed by atoms with Crippen molar-refractivity contribution in [1.29, 1.82) is 0 Å². The van der Waals surface area contributed by atoms with Crippen molar-refractivity contribution in [2.45, 2.75) is 31.8 Å². The fourth-order valence-corrected chi connectivity index (χ4v) is 2.60. The molecule has 1 fully saturated rings. The van der Waals surface area contributed by atoms with Crippen molar-refractivity contribution >= 4 is 11.9 Å². The van der Waals surface area contributed by atoms with E-state index >= 15 is 0 Å². The Morgan fingerprint density at radius 3 is 2.71 bits per heavy atom. The number of carbonyl (C=O) groups excluding carboxylic acids is 1. The number of hydrogen-bond donors (Lipinski definition) is 2. The molecule has 2 N–H and O–H groups in total. The smallest absolute Gasteiger partial charge is 0.320 e. The molecule has 1 aliphatic heterocycles. The van der Waals surface area contributed by atoms with Crippen LogP contribution in [0.4, 0.5) is 4.39 Å². The Morgan fingerprint density at radius 1 is 1.43 bits per heavy atom. The molecule has 1 aromatic carbocycles. The monoisotopic (exact) mass is 294 g/mol. The molecule has 1 aliphatic rings. The number of amides is 1. The minimum atomic E-state index is -0.883. The van der Waals surface area contributed by atoms with Gasteiger partial charge < -0.3 is 10.4 Å². The van der Waals surface area contributed by atoms with Crippen LogP contribution >= 0.6 is 0 Å². The first kappa shape index (κ1) is 15.4. The van der Waals surface area contributed by atoms with E-state index in [0.717, 1.165) is 12.0 Å². The van der Waals surface area contributed by atoms with E-state index < -0.39 is 12.0 Å². The predicted octanol–water partition coefficient (Wildman–Crippen LogP) is 1.55. The third-order valence-electron chi connectivity index (χ3n) is 3.74. The van der Waals surface area contributed by atoms with Crippen LogP contribution in [0.25, 0.3) is 0 Å². The average molecular weight is 294 g/mol. The number of carboxylic acid groups (broad SMARTS) is 1. The molecule has 0 spiro atoms. The Morgan fingerprint density at radius 2 is 2.10 bits per heavy atom. The number of carboxylic acids is 1. The Kier molecular flexibility index (Phi) is 4.90. The lowest BCUT2D eigenvalue weighted by molar-refractivity contribution is -0.142. The first-order chi connectivity index (χ1) is 9.97. The molecule has 6 heteroatoms. The molecular formula is C15H19FN2O3. The summed E-state index contributed by atoms with van der Waals surface area (Å²) in [6.07, 6.45) is 1.37. The van der Waals surface area contributed by atoms with Gasteiger partial charge in [-0.15, -0.1) is 0 Å². The SMILES string of the molecule is CC(NC(=O)CN1CCCC1C(=O)O)c1ccc(F)cc1. The van der Waals surface area contributed by atoms with Crippen LogP contribution in [-0.4, -0.2) is 41.0 Å². The van der Waals surface area contributed by atoms with Crippen LogP contribution in [0, 0.1) is 5.82 Å². The van der Waals surface area contributed by atoms with Gasteiger partial charge >= 0.3 is 5.97 Å². The minimum Gasteiger partial charge on any atom is -0.480 e. The van der Waals surface area contributed by atoms with Crippen LogP contribution in [0.15, 0.2) is 24.3 Å². The molecule has 0 radical (unpaired) electrons. The molecule has 1 amide bonds. The number of benzene rings is 1. The van der Waals surface area contributed by atoms with Gasteiger partial charge in [-0.05, 0) is 44.0 Å². The Labute approximate surface area is 122 Å². The second kappa shape index (κ2) is 6.67. The van der Waals surface area contributed by atoms with E-state index in [-0.39, 0.29) is 24.3 Å². The third kappa shape index (κ3) is 4.01. The van der Waals surface area contributed by atoms with Crippen molar-refractivity contribution < 1.29 is 19.1 Å². The lowest BCUT2D eigenvalue weighted by Crippen LogP contribution is -2.43. The number of hydrogen-bond acceptors (Lipinski definition) is 3. The van der Waals surface area contributed by atoms with Crippen molar-refractivity contribution in [1.82, 2.24) is 10.2 Å². The van der Waals surface area contributed by atoms with Gasteiger partial charge in [0.15, 0.2) is 0 Å². The maximum atomic E-state index is 12.9. The number of nitrogens with one attached hydrogen (secondary N) is 1. The summed E-state index contributed by atoms with van der Waals surface area (Å²) < 4.78 is 12.9. The molecule has 0 aromatic heterocycles. The van der Waals surface area contributed by atoms with Gasteiger partial charge in [0.1, 0.15) is 11.9 Å². The highest BCUT2D eigenvalue weighted by Gasteiger charge is 2.31. The van der Waals surface area contributed by atoms with Gasteiger partial charge in [-0.25, -0.2) is 4.39 Å². The molecule has 2 atom stereocenters. The molecular weight excluding hydrogens is 275 g/mol. The molecule has 2 rings (SSSR count). The summed E-state index contributed by atoms with van der Waals surface area (Å²) >= 11 is 0. The Balaban J connectivity index is 1.89. The zero-order valence-electron chi connectivity index (χ0n) is 11.9. The van der Waals surface area contributed by atoms with Crippen molar-refractivity contribution in [3.8, 4) is 0 Å². The number of likely N-dealkylation sites (tertiary alicyclic amines) is 1. The fraction of sp³-hybridized carbons (Fsp3) is 0.467. The van der Waals surface area contributed by atoms with Gasteiger partial charge in [0, 0.05) is 0 Å². The van der Waals surface area contributed by atoms with Crippen LogP contribution in [-0.2, 0) is 9.59 Å². The molecule has 5 nitrogen and oxygen atoms in total. The number of rotatable bonds is 5. The highest BCUT2D eigenvalue weighted by atomic mass is 19.1. The van der Waals surface area contributed by atoms with Crippen molar-refractivity contribution in [2.75, 3.05) is 13.1 Å². The van der Waals surface area contributed by atoms with E-state index in [1.807, 2.05) is 6.92 Å². The van der Waals surface area contributed by atoms with E-state index in [4.69, 9.17) is 5.11 Å². The molecule has 0 saturated carbocycles. The number of nitrogens with zero attached hydrogens (tertiary/aromatic N) is 1. The normalized spacial score (nSPS) is 20.2. The largest absolute Gasteiger partial charge is 0.480 e. The standard InChI is InChI=1S/C15H19FN2O3/c1-10(11-4-6-12(16)7-5-11)17-14(19)9-18-8-2-3-13(18)15(20)21/h4-7,10,13H,2-3,8-9H2,1H3,(H,17,19)(H,20,21). The maximum Gasteiger partial charge on any atom is 0.320 e. The van der Waals surface area contributed by atoms with Crippen molar-refractivity contribution in [2.24, 2.45) is 0 Å². The topological polar surface area (TPSA) is 69.6 Å². The maximum absolute atomic E-state index is 12.9. The van der Waals surface area contributed by atoms with E-state index in [1.54, 1.807) is 17.0 Å². The summed E-state index contributed by atoms with van der Waals surface area (Å²) in [6.45, 7) is 2.50. The molecule has 21 heavy (non-hydrogen) atoms. The Bertz CT molecular complexity index is 518. The van der Waals surface area contributed by atoms with E-state index in [1.165, 1.54) is 12.1 Å².